The van der Waals surface area contributed by atoms with Gasteiger partial charge in [-0.15, -0.1) is 0 Å². The van der Waals surface area contributed by atoms with Crippen LogP contribution in [-0.2, 0) is 9.53 Å². The first-order valence-corrected chi connectivity index (χ1v) is 7.87. The summed E-state index contributed by atoms with van der Waals surface area (Å²) in [6, 6.07) is 13.9. The highest BCUT2D eigenvalue weighted by Gasteiger charge is 2.15. The van der Waals surface area contributed by atoms with Gasteiger partial charge in [0.05, 0.1) is 11.6 Å². The summed E-state index contributed by atoms with van der Waals surface area (Å²) in [6.45, 7) is 1.49. The fourth-order valence-corrected chi connectivity index (χ4v) is 2.43. The lowest BCUT2D eigenvalue weighted by Crippen LogP contribution is -2.31. The second-order valence-electron chi connectivity index (χ2n) is 5.22. The molecule has 126 valence electrons. The summed E-state index contributed by atoms with van der Waals surface area (Å²) in [5, 5.41) is 6.28. The summed E-state index contributed by atoms with van der Waals surface area (Å²) in [5.74, 6) is -0.928. The summed E-state index contributed by atoms with van der Waals surface area (Å²) in [7, 11) is 1.71. The third-order valence-corrected chi connectivity index (χ3v) is 3.71. The molecule has 0 radical (unpaired) electrons. The summed E-state index contributed by atoms with van der Waals surface area (Å²) in [5.41, 5.74) is 1.91. The van der Waals surface area contributed by atoms with Crippen LogP contribution >= 0.6 is 11.6 Å². The van der Waals surface area contributed by atoms with Crippen molar-refractivity contribution in [1.82, 2.24) is 5.32 Å². The van der Waals surface area contributed by atoms with Gasteiger partial charge in [0.2, 0.25) is 0 Å². The Morgan fingerprint density at radius 2 is 1.92 bits per heavy atom. The average molecular weight is 347 g/mol. The van der Waals surface area contributed by atoms with Crippen molar-refractivity contribution >= 4 is 29.2 Å². The molecule has 0 aliphatic rings. The smallest absolute Gasteiger partial charge is 0.340 e. The minimum absolute atomic E-state index is 0.237. The molecule has 0 saturated heterocycles. The molecule has 1 atom stereocenters. The van der Waals surface area contributed by atoms with E-state index in [9.17, 15) is 9.59 Å². The molecule has 2 rings (SSSR count). The van der Waals surface area contributed by atoms with Crippen LogP contribution in [-0.4, -0.2) is 25.5 Å². The fraction of sp³-hybridized carbons (Fsp3) is 0.222. The van der Waals surface area contributed by atoms with Gasteiger partial charge in [0.25, 0.3) is 5.91 Å². The number of para-hydroxylation sites is 1. The van der Waals surface area contributed by atoms with E-state index in [4.69, 9.17) is 16.3 Å². The van der Waals surface area contributed by atoms with E-state index in [2.05, 4.69) is 10.6 Å². The van der Waals surface area contributed by atoms with Crippen LogP contribution in [0, 0.1) is 0 Å². The lowest BCUT2D eigenvalue weighted by Gasteiger charge is -2.15. The third kappa shape index (κ3) is 4.73. The quantitative estimate of drug-likeness (QED) is 0.786. The van der Waals surface area contributed by atoms with Crippen LogP contribution in [0.15, 0.2) is 48.5 Å². The molecule has 2 N–H and O–H groups in total. The van der Waals surface area contributed by atoms with Crippen LogP contribution in [0.2, 0.25) is 5.02 Å². The van der Waals surface area contributed by atoms with Crippen LogP contribution in [0.5, 0.6) is 0 Å². The number of anilines is 1. The zero-order valence-electron chi connectivity index (χ0n) is 13.5. The number of carbonyl (C=O) groups excluding carboxylic acids is 2. The zero-order valence-corrected chi connectivity index (χ0v) is 14.3. The Kier molecular flexibility index (Phi) is 6.21. The predicted molar refractivity (Wildman–Crippen MR) is 94.3 cm³/mol. The first-order valence-electron chi connectivity index (χ1n) is 7.50. The van der Waals surface area contributed by atoms with Gasteiger partial charge in [-0.2, -0.15) is 0 Å². The number of rotatable bonds is 6. The Balaban J connectivity index is 1.90. The Bertz CT molecular complexity index is 734. The van der Waals surface area contributed by atoms with E-state index in [1.54, 1.807) is 37.4 Å². The minimum atomic E-state index is -0.550. The molecule has 0 heterocycles. The second kappa shape index (κ2) is 8.36. The maximum absolute atomic E-state index is 12.1. The van der Waals surface area contributed by atoms with Gasteiger partial charge in [-0.25, -0.2) is 4.79 Å². The predicted octanol–water partition coefficient (Wildman–Crippen LogP) is 3.42. The number of hydrogen-bond donors (Lipinski definition) is 2. The monoisotopic (exact) mass is 346 g/mol. The number of esters is 1. The first-order chi connectivity index (χ1) is 11.5. The lowest BCUT2D eigenvalue weighted by atomic mass is 10.1. The van der Waals surface area contributed by atoms with E-state index in [1.807, 2.05) is 25.1 Å². The summed E-state index contributed by atoms with van der Waals surface area (Å²) in [4.78, 5) is 24.0. The van der Waals surface area contributed by atoms with E-state index < -0.39 is 5.97 Å². The number of ether oxygens (including phenoxy) is 1. The van der Waals surface area contributed by atoms with Crippen LogP contribution in [0.4, 0.5) is 5.69 Å². The molecule has 2 aromatic rings. The molecule has 0 fully saturated rings. The molecule has 0 unspecified atom stereocenters. The maximum atomic E-state index is 12.1. The van der Waals surface area contributed by atoms with Crippen molar-refractivity contribution < 1.29 is 14.3 Å². The normalized spacial score (nSPS) is 11.5. The van der Waals surface area contributed by atoms with Crippen molar-refractivity contribution in [2.45, 2.75) is 13.0 Å². The van der Waals surface area contributed by atoms with Crippen molar-refractivity contribution in [1.29, 1.82) is 0 Å². The standard InChI is InChI=1S/C18H19ClN2O3/c1-12(13-6-5-7-14(19)10-13)21-17(22)11-24-18(23)15-8-3-4-9-16(15)20-2/h3-10,12,20H,11H2,1-2H3,(H,21,22)/t12-/m1/s1. The molecule has 0 aliphatic heterocycles. The largest absolute Gasteiger partial charge is 0.452 e. The average Bonchev–Trinajstić information content (AvgIpc) is 2.59. The number of carbonyl (C=O) groups is 2. The highest BCUT2D eigenvalue weighted by atomic mass is 35.5. The topological polar surface area (TPSA) is 67.4 Å². The number of amides is 1. The Hall–Kier alpha value is -2.53. The molecule has 1 amide bonds. The molecule has 5 nitrogen and oxygen atoms in total. The van der Waals surface area contributed by atoms with Gasteiger partial charge >= 0.3 is 5.97 Å². The van der Waals surface area contributed by atoms with Crippen molar-refractivity contribution in [2.75, 3.05) is 19.0 Å². The van der Waals surface area contributed by atoms with Gasteiger partial charge in [-0.3, -0.25) is 4.79 Å². The molecule has 0 saturated carbocycles. The molecular formula is C18H19ClN2O3. The molecule has 0 bridgehead atoms. The van der Waals surface area contributed by atoms with Gasteiger partial charge in [0, 0.05) is 17.8 Å². The molecule has 6 heteroatoms. The molecular weight excluding hydrogens is 328 g/mol. The van der Waals surface area contributed by atoms with Gasteiger partial charge in [0.15, 0.2) is 6.61 Å². The van der Waals surface area contributed by atoms with Gasteiger partial charge < -0.3 is 15.4 Å². The highest BCUT2D eigenvalue weighted by Crippen LogP contribution is 2.17. The highest BCUT2D eigenvalue weighted by molar-refractivity contribution is 6.30. The minimum Gasteiger partial charge on any atom is -0.452 e. The van der Waals surface area contributed by atoms with Crippen molar-refractivity contribution in [2.24, 2.45) is 0 Å². The second-order valence-corrected chi connectivity index (χ2v) is 5.65. The molecule has 0 spiro atoms. The maximum Gasteiger partial charge on any atom is 0.340 e. The van der Waals surface area contributed by atoms with Gasteiger partial charge in [-0.1, -0.05) is 35.9 Å². The summed E-state index contributed by atoms with van der Waals surface area (Å²) in [6.07, 6.45) is 0. The van der Waals surface area contributed by atoms with E-state index in [0.717, 1.165) is 5.56 Å². The molecule has 24 heavy (non-hydrogen) atoms. The van der Waals surface area contributed by atoms with E-state index in [1.165, 1.54) is 0 Å². The molecule has 0 aromatic heterocycles. The Morgan fingerprint density at radius 1 is 1.17 bits per heavy atom. The number of hydrogen-bond acceptors (Lipinski definition) is 4. The van der Waals surface area contributed by atoms with Crippen molar-refractivity contribution in [3.8, 4) is 0 Å². The van der Waals surface area contributed by atoms with Gasteiger partial charge in [-0.05, 0) is 36.8 Å². The molecule has 0 aliphatic carbocycles. The Labute approximate surface area is 146 Å². The van der Waals surface area contributed by atoms with Gasteiger partial charge in [0.1, 0.15) is 0 Å². The first kappa shape index (κ1) is 17.8. The lowest BCUT2D eigenvalue weighted by molar-refractivity contribution is -0.124. The fourth-order valence-electron chi connectivity index (χ4n) is 2.23. The Morgan fingerprint density at radius 3 is 2.62 bits per heavy atom. The van der Waals surface area contributed by atoms with E-state index in [-0.39, 0.29) is 18.6 Å². The number of nitrogens with one attached hydrogen (secondary N) is 2. The van der Waals surface area contributed by atoms with E-state index in [0.29, 0.717) is 16.3 Å². The van der Waals surface area contributed by atoms with Crippen LogP contribution in [0.1, 0.15) is 28.9 Å². The van der Waals surface area contributed by atoms with Crippen LogP contribution in [0.25, 0.3) is 0 Å². The summed E-state index contributed by atoms with van der Waals surface area (Å²) < 4.78 is 5.08. The number of halogens is 1. The molecule has 2 aromatic carbocycles. The van der Waals surface area contributed by atoms with Crippen molar-refractivity contribution in [3.05, 3.63) is 64.7 Å². The third-order valence-electron chi connectivity index (χ3n) is 3.48. The summed E-state index contributed by atoms with van der Waals surface area (Å²) >= 11 is 5.94. The van der Waals surface area contributed by atoms with E-state index >= 15 is 0 Å². The van der Waals surface area contributed by atoms with Crippen molar-refractivity contribution in [3.63, 3.8) is 0 Å². The zero-order chi connectivity index (χ0) is 17.5. The number of benzene rings is 2. The van der Waals surface area contributed by atoms with Crippen LogP contribution < -0.4 is 10.6 Å². The SMILES string of the molecule is CNc1ccccc1C(=O)OCC(=O)N[C@H](C)c1cccc(Cl)c1. The van der Waals surface area contributed by atoms with Crippen LogP contribution in [0.3, 0.4) is 0 Å².